The summed E-state index contributed by atoms with van der Waals surface area (Å²) in [6, 6.07) is 3.57. The second-order valence-corrected chi connectivity index (χ2v) is 7.51. The number of rotatable bonds is 6. The van der Waals surface area contributed by atoms with E-state index in [2.05, 4.69) is 51.5 Å². The van der Waals surface area contributed by atoms with E-state index in [0.29, 0.717) is 35.6 Å². The van der Waals surface area contributed by atoms with E-state index < -0.39 is 0 Å². The molecule has 0 saturated carbocycles. The van der Waals surface area contributed by atoms with Crippen molar-refractivity contribution in [2.75, 3.05) is 6.61 Å². The lowest BCUT2D eigenvalue weighted by atomic mass is 9.88. The highest BCUT2D eigenvalue weighted by Gasteiger charge is 2.24. The van der Waals surface area contributed by atoms with Gasteiger partial charge < -0.3 is 14.0 Å². The van der Waals surface area contributed by atoms with E-state index >= 15 is 0 Å². The van der Waals surface area contributed by atoms with Gasteiger partial charge in [-0.2, -0.15) is 4.52 Å². The first kappa shape index (κ1) is 18.8. The zero-order chi connectivity index (χ0) is 20.6. The lowest BCUT2D eigenvalue weighted by Crippen LogP contribution is -2.16. The minimum Gasteiger partial charge on any atom is -0.470 e. The summed E-state index contributed by atoms with van der Waals surface area (Å²) >= 11 is 0. The molecule has 0 aliphatic carbocycles. The Balaban J connectivity index is 1.76. The maximum absolute atomic E-state index is 6.04. The SMILES string of the molecule is CCOc1cc(-c2nnc3cc(C(C)(C)C)c(OCc4cnnn4C)nn23)no1. The van der Waals surface area contributed by atoms with Crippen LogP contribution in [-0.4, -0.2) is 46.6 Å². The van der Waals surface area contributed by atoms with Crippen molar-refractivity contribution in [1.29, 1.82) is 0 Å². The van der Waals surface area contributed by atoms with E-state index in [-0.39, 0.29) is 12.0 Å². The fourth-order valence-corrected chi connectivity index (χ4v) is 2.78. The lowest BCUT2D eigenvalue weighted by Gasteiger charge is -2.21. The van der Waals surface area contributed by atoms with Gasteiger partial charge in [0.25, 0.3) is 0 Å². The van der Waals surface area contributed by atoms with Crippen LogP contribution in [0.15, 0.2) is 22.9 Å². The number of aryl methyl sites for hydroxylation is 1. The molecule has 0 aliphatic heterocycles. The van der Waals surface area contributed by atoms with Crippen LogP contribution in [0, 0.1) is 0 Å². The van der Waals surface area contributed by atoms with Crippen LogP contribution in [0.1, 0.15) is 39.0 Å². The molecular formula is C18H22N8O3. The zero-order valence-corrected chi connectivity index (χ0v) is 16.9. The Morgan fingerprint density at radius 2 is 1.97 bits per heavy atom. The van der Waals surface area contributed by atoms with Crippen LogP contribution in [0.5, 0.6) is 11.8 Å². The number of hydrogen-bond donors (Lipinski definition) is 0. The minimum atomic E-state index is -0.211. The molecule has 0 unspecified atom stereocenters. The van der Waals surface area contributed by atoms with E-state index in [4.69, 9.17) is 14.0 Å². The molecule has 0 N–H and O–H groups in total. The normalized spacial score (nSPS) is 11.9. The quantitative estimate of drug-likeness (QED) is 0.481. The van der Waals surface area contributed by atoms with E-state index in [1.807, 2.05) is 20.0 Å². The van der Waals surface area contributed by atoms with Gasteiger partial charge in [0, 0.05) is 12.6 Å². The average molecular weight is 398 g/mol. The summed E-state index contributed by atoms with van der Waals surface area (Å²) in [5.41, 5.74) is 2.58. The largest absolute Gasteiger partial charge is 0.470 e. The Labute approximate surface area is 166 Å². The first-order chi connectivity index (χ1) is 13.9. The standard InChI is InChI=1S/C18H22N8O3/c1-6-27-15-8-13(23-29-15)16-21-20-14-7-12(18(2,3)4)17(22-26(14)16)28-10-11-9-19-24-25(11)5/h7-9H,6,10H2,1-5H3. The molecular weight excluding hydrogens is 376 g/mol. The van der Waals surface area contributed by atoms with Crippen molar-refractivity contribution >= 4 is 5.65 Å². The van der Waals surface area contributed by atoms with Crippen LogP contribution >= 0.6 is 0 Å². The fourth-order valence-electron chi connectivity index (χ4n) is 2.78. The highest BCUT2D eigenvalue weighted by Crippen LogP contribution is 2.32. The number of aromatic nitrogens is 8. The van der Waals surface area contributed by atoms with Gasteiger partial charge in [-0.3, -0.25) is 0 Å². The summed E-state index contributed by atoms with van der Waals surface area (Å²) < 4.78 is 19.8. The van der Waals surface area contributed by atoms with Gasteiger partial charge in [0.1, 0.15) is 6.61 Å². The molecule has 11 heteroatoms. The predicted molar refractivity (Wildman–Crippen MR) is 101 cm³/mol. The van der Waals surface area contributed by atoms with Gasteiger partial charge in [-0.15, -0.1) is 20.4 Å². The Kier molecular flexibility index (Phi) is 4.65. The van der Waals surface area contributed by atoms with Crippen molar-refractivity contribution in [1.82, 2.24) is 40.0 Å². The number of fused-ring (bicyclic) bond motifs is 1. The molecule has 152 valence electrons. The molecule has 4 rings (SSSR count). The highest BCUT2D eigenvalue weighted by atomic mass is 16.6. The van der Waals surface area contributed by atoms with Crippen LogP contribution in [0.25, 0.3) is 17.2 Å². The van der Waals surface area contributed by atoms with Crippen molar-refractivity contribution in [2.45, 2.75) is 39.7 Å². The van der Waals surface area contributed by atoms with Crippen LogP contribution in [0.4, 0.5) is 0 Å². The first-order valence-electron chi connectivity index (χ1n) is 9.20. The van der Waals surface area contributed by atoms with Crippen molar-refractivity contribution in [2.24, 2.45) is 7.05 Å². The molecule has 0 atom stereocenters. The molecule has 0 bridgehead atoms. The van der Waals surface area contributed by atoms with Crippen molar-refractivity contribution in [3.63, 3.8) is 0 Å². The molecule has 11 nitrogen and oxygen atoms in total. The molecule has 0 radical (unpaired) electrons. The topological polar surface area (TPSA) is 118 Å². The zero-order valence-electron chi connectivity index (χ0n) is 16.9. The molecule has 4 aromatic heterocycles. The van der Waals surface area contributed by atoms with Crippen molar-refractivity contribution in [3.05, 3.63) is 29.6 Å². The van der Waals surface area contributed by atoms with E-state index in [0.717, 1.165) is 11.3 Å². The van der Waals surface area contributed by atoms with Crippen LogP contribution in [0.3, 0.4) is 0 Å². The molecule has 4 aromatic rings. The van der Waals surface area contributed by atoms with Gasteiger partial charge in [0.05, 0.1) is 24.6 Å². The summed E-state index contributed by atoms with van der Waals surface area (Å²) in [6.45, 7) is 8.88. The second kappa shape index (κ2) is 7.15. The maximum Gasteiger partial charge on any atom is 0.311 e. The monoisotopic (exact) mass is 398 g/mol. The second-order valence-electron chi connectivity index (χ2n) is 7.51. The Morgan fingerprint density at radius 1 is 1.14 bits per heavy atom. The fraction of sp³-hybridized carbons (Fsp3) is 0.444. The van der Waals surface area contributed by atoms with Gasteiger partial charge in [0.2, 0.25) is 11.7 Å². The average Bonchev–Trinajstić information content (AvgIpc) is 3.38. The molecule has 0 fully saturated rings. The number of nitrogens with zero attached hydrogens (tertiary/aromatic N) is 8. The van der Waals surface area contributed by atoms with E-state index in [9.17, 15) is 0 Å². The van der Waals surface area contributed by atoms with Crippen LogP contribution in [0.2, 0.25) is 0 Å². The van der Waals surface area contributed by atoms with Gasteiger partial charge in [-0.25, -0.2) is 4.68 Å². The Bertz CT molecular complexity index is 1140. The Morgan fingerprint density at radius 3 is 2.66 bits per heavy atom. The highest BCUT2D eigenvalue weighted by molar-refractivity contribution is 5.56. The Hall–Kier alpha value is -3.50. The molecule has 4 heterocycles. The molecule has 0 amide bonds. The third-order valence-corrected chi connectivity index (χ3v) is 4.34. The smallest absolute Gasteiger partial charge is 0.311 e. The molecule has 0 saturated heterocycles. The summed E-state index contributed by atoms with van der Waals surface area (Å²) in [5, 5.41) is 24.9. The summed E-state index contributed by atoms with van der Waals surface area (Å²) in [7, 11) is 1.81. The third kappa shape index (κ3) is 3.62. The molecule has 0 aliphatic rings. The van der Waals surface area contributed by atoms with Crippen LogP contribution in [-0.2, 0) is 19.1 Å². The van der Waals surface area contributed by atoms with E-state index in [1.165, 1.54) is 0 Å². The van der Waals surface area contributed by atoms with Crippen molar-refractivity contribution in [3.8, 4) is 23.3 Å². The van der Waals surface area contributed by atoms with Gasteiger partial charge >= 0.3 is 5.95 Å². The van der Waals surface area contributed by atoms with E-state index in [1.54, 1.807) is 21.5 Å². The number of hydrogen-bond acceptors (Lipinski definition) is 9. The summed E-state index contributed by atoms with van der Waals surface area (Å²) in [5.74, 6) is 1.22. The minimum absolute atomic E-state index is 0.211. The third-order valence-electron chi connectivity index (χ3n) is 4.34. The van der Waals surface area contributed by atoms with Gasteiger partial charge in [-0.05, 0) is 18.4 Å². The first-order valence-corrected chi connectivity index (χ1v) is 9.20. The lowest BCUT2D eigenvalue weighted by molar-refractivity contribution is 0.226. The molecule has 0 aromatic carbocycles. The predicted octanol–water partition coefficient (Wildman–Crippen LogP) is 2.18. The van der Waals surface area contributed by atoms with Gasteiger partial charge in [-0.1, -0.05) is 31.1 Å². The molecule has 29 heavy (non-hydrogen) atoms. The summed E-state index contributed by atoms with van der Waals surface area (Å²) in [6.07, 6.45) is 1.66. The molecule has 0 spiro atoms. The van der Waals surface area contributed by atoms with Crippen molar-refractivity contribution < 1.29 is 14.0 Å². The maximum atomic E-state index is 6.04. The number of ether oxygens (including phenoxy) is 2. The van der Waals surface area contributed by atoms with Crippen LogP contribution < -0.4 is 9.47 Å². The summed E-state index contributed by atoms with van der Waals surface area (Å²) in [4.78, 5) is 0. The van der Waals surface area contributed by atoms with Gasteiger partial charge in [0.15, 0.2) is 11.3 Å².